The first-order valence-electron chi connectivity index (χ1n) is 6.41. The molecule has 0 spiro atoms. The first-order chi connectivity index (χ1) is 7.39. The molecule has 94 valence electrons. The first-order valence-corrected chi connectivity index (χ1v) is 6.41. The van der Waals surface area contributed by atoms with Gasteiger partial charge in [0.2, 0.25) is 5.91 Å². The van der Waals surface area contributed by atoms with Gasteiger partial charge in [0, 0.05) is 12.5 Å². The van der Waals surface area contributed by atoms with Gasteiger partial charge in [0.15, 0.2) is 0 Å². The Hall–Kier alpha value is -0.570. The molecule has 0 aromatic rings. The molecule has 0 aromatic carbocycles. The molecular formula is C13H26N2O. The van der Waals surface area contributed by atoms with Crippen LogP contribution in [0, 0.1) is 11.3 Å². The number of nitrogens with two attached hydrogens (primary N) is 1. The Balaban J connectivity index is 2.23. The predicted octanol–water partition coefficient (Wildman–Crippen LogP) is 2.06. The molecule has 1 rings (SSSR count). The van der Waals surface area contributed by atoms with E-state index in [1.807, 2.05) is 0 Å². The van der Waals surface area contributed by atoms with Gasteiger partial charge >= 0.3 is 0 Å². The maximum atomic E-state index is 10.6. The number of hydrogen-bond acceptors (Lipinski definition) is 2. The smallest absolute Gasteiger partial charge is 0.217 e. The highest BCUT2D eigenvalue weighted by molar-refractivity contribution is 5.73. The van der Waals surface area contributed by atoms with Gasteiger partial charge in [-0.2, -0.15) is 0 Å². The number of rotatable bonds is 5. The molecule has 2 unspecified atom stereocenters. The lowest BCUT2D eigenvalue weighted by molar-refractivity contribution is -0.118. The van der Waals surface area contributed by atoms with Gasteiger partial charge in [-0.1, -0.05) is 20.8 Å². The van der Waals surface area contributed by atoms with E-state index in [1.54, 1.807) is 0 Å². The molecule has 1 aliphatic rings. The molecule has 1 amide bonds. The van der Waals surface area contributed by atoms with E-state index in [-0.39, 0.29) is 5.91 Å². The van der Waals surface area contributed by atoms with Crippen LogP contribution in [0.15, 0.2) is 0 Å². The Morgan fingerprint density at radius 2 is 2.12 bits per heavy atom. The summed E-state index contributed by atoms with van der Waals surface area (Å²) in [5.74, 6) is 0.608. The Labute approximate surface area is 99.2 Å². The Morgan fingerprint density at radius 3 is 2.69 bits per heavy atom. The van der Waals surface area contributed by atoms with Gasteiger partial charge in [0.1, 0.15) is 0 Å². The van der Waals surface area contributed by atoms with Gasteiger partial charge in [0.25, 0.3) is 0 Å². The van der Waals surface area contributed by atoms with E-state index in [4.69, 9.17) is 5.73 Å². The number of carbonyl (C=O) groups excluding carboxylic acids is 1. The highest BCUT2D eigenvalue weighted by atomic mass is 16.1. The number of nitrogens with one attached hydrogen (secondary N) is 1. The van der Waals surface area contributed by atoms with E-state index in [2.05, 4.69) is 26.1 Å². The molecule has 3 heteroatoms. The maximum Gasteiger partial charge on any atom is 0.217 e. The zero-order chi connectivity index (χ0) is 12.2. The van der Waals surface area contributed by atoms with E-state index in [0.717, 1.165) is 18.9 Å². The van der Waals surface area contributed by atoms with Crippen LogP contribution in [0.25, 0.3) is 0 Å². The van der Waals surface area contributed by atoms with Gasteiger partial charge in [-0.25, -0.2) is 0 Å². The Morgan fingerprint density at radius 1 is 1.44 bits per heavy atom. The number of primary amides is 1. The van der Waals surface area contributed by atoms with Crippen LogP contribution in [0.1, 0.15) is 52.9 Å². The van der Waals surface area contributed by atoms with Crippen molar-refractivity contribution in [2.75, 3.05) is 6.54 Å². The second kappa shape index (κ2) is 5.67. The second-order valence-corrected chi connectivity index (χ2v) is 6.13. The van der Waals surface area contributed by atoms with Crippen LogP contribution >= 0.6 is 0 Å². The average molecular weight is 226 g/mol. The fraction of sp³-hybridized carbons (Fsp3) is 0.923. The van der Waals surface area contributed by atoms with Gasteiger partial charge in [0.05, 0.1) is 0 Å². The molecule has 1 aliphatic carbocycles. The minimum atomic E-state index is -0.195. The fourth-order valence-corrected chi connectivity index (χ4v) is 3.07. The molecule has 0 aromatic heterocycles. The zero-order valence-corrected chi connectivity index (χ0v) is 10.9. The molecule has 0 heterocycles. The third kappa shape index (κ3) is 4.97. The molecule has 3 nitrogen and oxygen atoms in total. The van der Waals surface area contributed by atoms with Crippen molar-refractivity contribution in [1.29, 1.82) is 0 Å². The van der Waals surface area contributed by atoms with Crippen LogP contribution in [0.4, 0.5) is 0 Å². The zero-order valence-electron chi connectivity index (χ0n) is 10.9. The summed E-state index contributed by atoms with van der Waals surface area (Å²) in [5, 5.41) is 3.56. The van der Waals surface area contributed by atoms with Crippen LogP contribution in [0.3, 0.4) is 0 Å². The van der Waals surface area contributed by atoms with Crippen molar-refractivity contribution >= 4 is 5.91 Å². The highest BCUT2D eigenvalue weighted by Gasteiger charge is 2.31. The lowest BCUT2D eigenvalue weighted by atomic mass is 9.70. The van der Waals surface area contributed by atoms with Crippen LogP contribution < -0.4 is 11.1 Å². The summed E-state index contributed by atoms with van der Waals surface area (Å²) in [6, 6.07) is 0.617. The van der Waals surface area contributed by atoms with Crippen molar-refractivity contribution < 1.29 is 4.79 Å². The summed E-state index contributed by atoms with van der Waals surface area (Å²) in [4.78, 5) is 10.6. The predicted molar refractivity (Wildman–Crippen MR) is 67.0 cm³/mol. The number of hydrogen-bond donors (Lipinski definition) is 2. The summed E-state index contributed by atoms with van der Waals surface area (Å²) >= 11 is 0. The van der Waals surface area contributed by atoms with E-state index in [1.165, 1.54) is 19.3 Å². The van der Waals surface area contributed by atoms with E-state index in [9.17, 15) is 4.79 Å². The van der Waals surface area contributed by atoms with Crippen LogP contribution in [0.5, 0.6) is 0 Å². The largest absolute Gasteiger partial charge is 0.370 e. The van der Waals surface area contributed by atoms with Crippen molar-refractivity contribution in [2.24, 2.45) is 17.1 Å². The first kappa shape index (κ1) is 13.5. The molecule has 0 saturated heterocycles. The molecule has 3 N–H and O–H groups in total. The topological polar surface area (TPSA) is 55.1 Å². The number of carbonyl (C=O) groups is 1. The van der Waals surface area contributed by atoms with Gasteiger partial charge in [-0.05, 0) is 43.6 Å². The van der Waals surface area contributed by atoms with Crippen LogP contribution in [0.2, 0.25) is 0 Å². The molecular weight excluding hydrogens is 200 g/mol. The molecule has 16 heavy (non-hydrogen) atoms. The van der Waals surface area contributed by atoms with Gasteiger partial charge < -0.3 is 11.1 Å². The minimum absolute atomic E-state index is 0.195. The van der Waals surface area contributed by atoms with E-state index in [0.29, 0.717) is 17.9 Å². The summed E-state index contributed by atoms with van der Waals surface area (Å²) in [6.45, 7) is 7.94. The monoisotopic (exact) mass is 226 g/mol. The lowest BCUT2D eigenvalue weighted by Crippen LogP contribution is -2.40. The van der Waals surface area contributed by atoms with Crippen LogP contribution in [-0.4, -0.2) is 18.5 Å². The van der Waals surface area contributed by atoms with Crippen molar-refractivity contribution in [1.82, 2.24) is 5.32 Å². The maximum absolute atomic E-state index is 10.6. The van der Waals surface area contributed by atoms with Gasteiger partial charge in [-0.15, -0.1) is 0 Å². The third-order valence-electron chi connectivity index (χ3n) is 3.42. The molecule has 1 saturated carbocycles. The molecule has 0 bridgehead atoms. The average Bonchev–Trinajstić information content (AvgIpc) is 2.08. The number of amides is 1. The van der Waals surface area contributed by atoms with Crippen molar-refractivity contribution in [3.8, 4) is 0 Å². The SMILES string of the molecule is CC1CC(NCCCC(N)=O)CC(C)(C)C1. The summed E-state index contributed by atoms with van der Waals surface area (Å²) < 4.78 is 0. The molecule has 2 atom stereocenters. The van der Waals surface area contributed by atoms with Crippen LogP contribution in [-0.2, 0) is 4.79 Å². The van der Waals surface area contributed by atoms with E-state index >= 15 is 0 Å². The van der Waals surface area contributed by atoms with E-state index < -0.39 is 0 Å². The molecule has 0 radical (unpaired) electrons. The van der Waals surface area contributed by atoms with Crippen molar-refractivity contribution in [2.45, 2.75) is 58.9 Å². The van der Waals surface area contributed by atoms with Crippen molar-refractivity contribution in [3.63, 3.8) is 0 Å². The normalized spacial score (nSPS) is 28.9. The standard InChI is InChI=1S/C13H26N2O/c1-10-7-11(9-13(2,3)8-10)15-6-4-5-12(14)16/h10-11,15H,4-9H2,1-3H3,(H2,14,16). The Bertz CT molecular complexity index is 238. The minimum Gasteiger partial charge on any atom is -0.370 e. The molecule has 1 fully saturated rings. The lowest BCUT2D eigenvalue weighted by Gasteiger charge is -2.39. The quantitative estimate of drug-likeness (QED) is 0.705. The summed E-state index contributed by atoms with van der Waals surface area (Å²) in [5.41, 5.74) is 5.57. The van der Waals surface area contributed by atoms with Crippen molar-refractivity contribution in [3.05, 3.63) is 0 Å². The highest BCUT2D eigenvalue weighted by Crippen LogP contribution is 2.38. The fourth-order valence-electron chi connectivity index (χ4n) is 3.07. The van der Waals surface area contributed by atoms with Gasteiger partial charge in [-0.3, -0.25) is 4.79 Å². The Kier molecular flexibility index (Phi) is 4.78. The summed E-state index contributed by atoms with van der Waals surface area (Å²) in [6.07, 6.45) is 5.19. The second-order valence-electron chi connectivity index (χ2n) is 6.13. The third-order valence-corrected chi connectivity index (χ3v) is 3.42. The molecule has 0 aliphatic heterocycles. The summed E-state index contributed by atoms with van der Waals surface area (Å²) in [7, 11) is 0.